The summed E-state index contributed by atoms with van der Waals surface area (Å²) in [4.78, 5) is 14.1. The molecule has 3 aromatic rings. The van der Waals surface area contributed by atoms with Crippen molar-refractivity contribution >= 4 is 16.7 Å². The van der Waals surface area contributed by atoms with Crippen molar-refractivity contribution in [2.24, 2.45) is 0 Å². The number of benzene rings is 2. The molecule has 1 saturated heterocycles. The second kappa shape index (κ2) is 8.04. The lowest BCUT2D eigenvalue weighted by molar-refractivity contribution is 0.0342. The van der Waals surface area contributed by atoms with E-state index in [2.05, 4.69) is 22.3 Å². The van der Waals surface area contributed by atoms with Gasteiger partial charge in [-0.25, -0.2) is 4.79 Å². The van der Waals surface area contributed by atoms with E-state index in [0.29, 0.717) is 17.7 Å². The van der Waals surface area contributed by atoms with Crippen LogP contribution in [0.15, 0.2) is 51.7 Å². The van der Waals surface area contributed by atoms with Gasteiger partial charge in [-0.3, -0.25) is 4.90 Å². The summed E-state index contributed by atoms with van der Waals surface area (Å²) in [6.45, 7) is 6.65. The van der Waals surface area contributed by atoms with Gasteiger partial charge in [-0.15, -0.1) is 0 Å². The third kappa shape index (κ3) is 4.03. The van der Waals surface area contributed by atoms with E-state index in [4.69, 9.17) is 9.15 Å². The molecular weight excluding hydrogens is 356 g/mol. The Hall–Kier alpha value is -2.83. The van der Waals surface area contributed by atoms with Gasteiger partial charge in [-0.05, 0) is 42.3 Å². The number of rotatable bonds is 5. The van der Waals surface area contributed by atoms with E-state index >= 15 is 0 Å². The lowest BCUT2D eigenvalue weighted by Gasteiger charge is -2.26. The standard InChI is InChI=1S/C22H24N2O4/c1-15-12-21(26)28-22-18(15)6-7-20(25)19(22)13-23-17-4-2-16(3-5-17)14-24-8-10-27-11-9-24/h2-7,12,23,25H,8-11,13-14H2,1H3. The van der Waals surface area contributed by atoms with Crippen molar-refractivity contribution in [3.8, 4) is 5.75 Å². The number of hydrogen-bond acceptors (Lipinski definition) is 6. The van der Waals surface area contributed by atoms with Crippen molar-refractivity contribution in [1.82, 2.24) is 4.90 Å². The normalized spacial score (nSPS) is 15.0. The molecule has 0 radical (unpaired) electrons. The van der Waals surface area contributed by atoms with Gasteiger partial charge in [-0.2, -0.15) is 0 Å². The first-order chi connectivity index (χ1) is 13.6. The molecule has 0 atom stereocenters. The molecule has 0 amide bonds. The lowest BCUT2D eigenvalue weighted by Crippen LogP contribution is -2.35. The Morgan fingerprint density at radius 1 is 1.11 bits per heavy atom. The van der Waals surface area contributed by atoms with Gasteiger partial charge in [0.25, 0.3) is 0 Å². The number of aryl methyl sites for hydroxylation is 1. The van der Waals surface area contributed by atoms with Crippen molar-refractivity contribution < 1.29 is 14.3 Å². The first kappa shape index (κ1) is 18.5. The predicted octanol–water partition coefficient (Wildman–Crippen LogP) is 3.25. The Morgan fingerprint density at radius 2 is 1.86 bits per heavy atom. The number of morpholine rings is 1. The van der Waals surface area contributed by atoms with E-state index in [1.165, 1.54) is 11.6 Å². The molecule has 0 bridgehead atoms. The highest BCUT2D eigenvalue weighted by Gasteiger charge is 2.13. The molecule has 1 aromatic heterocycles. The molecular formula is C22H24N2O4. The highest BCUT2D eigenvalue weighted by Crippen LogP contribution is 2.29. The van der Waals surface area contributed by atoms with Crippen molar-refractivity contribution in [1.29, 1.82) is 0 Å². The molecule has 146 valence electrons. The molecule has 6 heteroatoms. The minimum atomic E-state index is -0.413. The van der Waals surface area contributed by atoms with Crippen LogP contribution in [0.2, 0.25) is 0 Å². The smallest absolute Gasteiger partial charge is 0.336 e. The zero-order valence-electron chi connectivity index (χ0n) is 15.9. The van der Waals surface area contributed by atoms with Crippen LogP contribution in [0.4, 0.5) is 5.69 Å². The minimum Gasteiger partial charge on any atom is -0.507 e. The van der Waals surface area contributed by atoms with E-state index in [1.54, 1.807) is 12.1 Å². The van der Waals surface area contributed by atoms with Gasteiger partial charge in [0.15, 0.2) is 0 Å². The Balaban J connectivity index is 1.48. The first-order valence-electron chi connectivity index (χ1n) is 9.48. The number of nitrogens with one attached hydrogen (secondary N) is 1. The summed E-state index contributed by atoms with van der Waals surface area (Å²) in [5.41, 5.74) is 3.63. The Kier molecular flexibility index (Phi) is 5.32. The topological polar surface area (TPSA) is 74.9 Å². The van der Waals surface area contributed by atoms with Crippen LogP contribution in [0.25, 0.3) is 11.0 Å². The Bertz CT molecular complexity index is 1020. The number of phenolic OH excluding ortho intramolecular Hbond substituents is 1. The van der Waals surface area contributed by atoms with Crippen molar-refractivity contribution in [2.45, 2.75) is 20.0 Å². The van der Waals surface area contributed by atoms with Gasteiger partial charge in [0.2, 0.25) is 0 Å². The first-order valence-corrected chi connectivity index (χ1v) is 9.48. The van der Waals surface area contributed by atoms with Gasteiger partial charge in [-0.1, -0.05) is 12.1 Å². The van der Waals surface area contributed by atoms with Crippen LogP contribution in [-0.4, -0.2) is 36.3 Å². The molecule has 0 spiro atoms. The number of ether oxygens (including phenoxy) is 1. The van der Waals surface area contributed by atoms with Gasteiger partial charge in [0.05, 0.1) is 18.8 Å². The number of anilines is 1. The van der Waals surface area contributed by atoms with Crippen LogP contribution in [-0.2, 0) is 17.8 Å². The van der Waals surface area contributed by atoms with E-state index in [9.17, 15) is 9.90 Å². The highest BCUT2D eigenvalue weighted by atomic mass is 16.5. The molecule has 0 aliphatic carbocycles. The summed E-state index contributed by atoms with van der Waals surface area (Å²) in [6, 6.07) is 13.1. The average molecular weight is 380 g/mol. The third-order valence-corrected chi connectivity index (χ3v) is 5.13. The fourth-order valence-electron chi connectivity index (χ4n) is 3.54. The number of fused-ring (bicyclic) bond motifs is 1. The third-order valence-electron chi connectivity index (χ3n) is 5.13. The summed E-state index contributed by atoms with van der Waals surface area (Å²) < 4.78 is 10.8. The van der Waals surface area contributed by atoms with Gasteiger partial charge in [0.1, 0.15) is 11.3 Å². The van der Waals surface area contributed by atoms with E-state index in [-0.39, 0.29) is 5.75 Å². The second-order valence-corrected chi connectivity index (χ2v) is 7.13. The summed E-state index contributed by atoms with van der Waals surface area (Å²) in [5, 5.41) is 14.4. The summed E-state index contributed by atoms with van der Waals surface area (Å²) in [7, 11) is 0. The largest absolute Gasteiger partial charge is 0.507 e. The number of hydrogen-bond donors (Lipinski definition) is 2. The Labute approximate surface area is 163 Å². The maximum absolute atomic E-state index is 11.8. The molecule has 2 aromatic carbocycles. The van der Waals surface area contributed by atoms with Gasteiger partial charge in [0, 0.05) is 43.3 Å². The van der Waals surface area contributed by atoms with E-state index in [1.807, 2.05) is 19.1 Å². The zero-order valence-corrected chi connectivity index (χ0v) is 15.9. The molecule has 0 unspecified atom stereocenters. The number of aromatic hydroxyl groups is 1. The van der Waals surface area contributed by atoms with Gasteiger partial charge >= 0.3 is 5.63 Å². The van der Waals surface area contributed by atoms with E-state index in [0.717, 1.165) is 49.5 Å². The second-order valence-electron chi connectivity index (χ2n) is 7.13. The minimum absolute atomic E-state index is 0.109. The van der Waals surface area contributed by atoms with Crippen LogP contribution < -0.4 is 10.9 Å². The predicted molar refractivity (Wildman–Crippen MR) is 109 cm³/mol. The van der Waals surface area contributed by atoms with Crippen LogP contribution in [0.5, 0.6) is 5.75 Å². The molecule has 2 N–H and O–H groups in total. The molecule has 28 heavy (non-hydrogen) atoms. The van der Waals surface area contributed by atoms with Crippen molar-refractivity contribution in [3.05, 3.63) is 69.6 Å². The molecule has 1 aliphatic rings. The van der Waals surface area contributed by atoms with Crippen LogP contribution in [0.1, 0.15) is 16.7 Å². The fraction of sp³-hybridized carbons (Fsp3) is 0.318. The van der Waals surface area contributed by atoms with E-state index < -0.39 is 5.63 Å². The molecule has 6 nitrogen and oxygen atoms in total. The molecule has 0 saturated carbocycles. The molecule has 4 rings (SSSR count). The number of nitrogens with zero attached hydrogens (tertiary/aromatic N) is 1. The molecule has 1 aliphatic heterocycles. The summed E-state index contributed by atoms with van der Waals surface area (Å²) in [6.07, 6.45) is 0. The van der Waals surface area contributed by atoms with Crippen LogP contribution >= 0.6 is 0 Å². The highest BCUT2D eigenvalue weighted by molar-refractivity contribution is 5.85. The lowest BCUT2D eigenvalue weighted by atomic mass is 10.1. The monoisotopic (exact) mass is 380 g/mol. The average Bonchev–Trinajstić information content (AvgIpc) is 2.69. The van der Waals surface area contributed by atoms with Crippen LogP contribution in [0, 0.1) is 6.92 Å². The maximum Gasteiger partial charge on any atom is 0.336 e. The maximum atomic E-state index is 11.8. The quantitative estimate of drug-likeness (QED) is 0.662. The molecule has 2 heterocycles. The van der Waals surface area contributed by atoms with Crippen molar-refractivity contribution in [3.63, 3.8) is 0 Å². The SMILES string of the molecule is Cc1cc(=O)oc2c(CNc3ccc(CN4CCOCC4)cc3)c(O)ccc12. The van der Waals surface area contributed by atoms with Gasteiger partial charge < -0.3 is 19.6 Å². The van der Waals surface area contributed by atoms with Crippen LogP contribution in [0.3, 0.4) is 0 Å². The zero-order chi connectivity index (χ0) is 19.5. The summed E-state index contributed by atoms with van der Waals surface area (Å²) in [5.74, 6) is 0.109. The summed E-state index contributed by atoms with van der Waals surface area (Å²) >= 11 is 0. The Morgan fingerprint density at radius 3 is 2.61 bits per heavy atom. The van der Waals surface area contributed by atoms with Crippen molar-refractivity contribution in [2.75, 3.05) is 31.6 Å². The molecule has 1 fully saturated rings. The number of phenols is 1. The fourth-order valence-corrected chi connectivity index (χ4v) is 3.54.